The summed E-state index contributed by atoms with van der Waals surface area (Å²) in [6.45, 7) is 0. The van der Waals surface area contributed by atoms with Gasteiger partial charge in [0.15, 0.2) is 0 Å². The lowest BCUT2D eigenvalue weighted by Crippen LogP contribution is -2.12. The second-order valence-electron chi connectivity index (χ2n) is 3.38. The van der Waals surface area contributed by atoms with Crippen LogP contribution >= 0.6 is 15.9 Å². The minimum atomic E-state index is -0.0418. The first-order valence-corrected chi connectivity index (χ1v) is 5.42. The van der Waals surface area contributed by atoms with E-state index in [9.17, 15) is 0 Å². The van der Waals surface area contributed by atoms with Crippen molar-refractivity contribution in [3.05, 3.63) is 52.7 Å². The molecule has 0 bridgehead atoms. The van der Waals surface area contributed by atoms with Crippen LogP contribution in [-0.2, 0) is 6.42 Å². The molecule has 0 aromatic carbocycles. The molecule has 78 valence electrons. The number of aromatic nitrogens is 1. The van der Waals surface area contributed by atoms with Crippen LogP contribution < -0.4 is 5.73 Å². The predicted molar refractivity (Wildman–Crippen MR) is 61.3 cm³/mol. The van der Waals surface area contributed by atoms with Gasteiger partial charge in [-0.25, -0.2) is 0 Å². The Balaban J connectivity index is 2.09. The Morgan fingerprint density at radius 2 is 2.33 bits per heavy atom. The molecule has 0 aliphatic rings. The summed E-state index contributed by atoms with van der Waals surface area (Å²) in [6, 6.07) is 3.86. The molecule has 0 fully saturated rings. The van der Waals surface area contributed by atoms with Crippen LogP contribution in [0.5, 0.6) is 0 Å². The van der Waals surface area contributed by atoms with E-state index in [2.05, 4.69) is 20.9 Å². The van der Waals surface area contributed by atoms with Crippen molar-refractivity contribution in [3.63, 3.8) is 0 Å². The smallest absolute Gasteiger partial charge is 0.0950 e. The van der Waals surface area contributed by atoms with Crippen molar-refractivity contribution in [2.45, 2.75) is 12.5 Å². The standard InChI is InChI=1S/C11H11BrN2O/c12-10-3-8(5-14-6-10)4-11(13)9-1-2-15-7-9/h1-3,5-7,11H,4,13H2. The second kappa shape index (κ2) is 4.59. The molecule has 2 N–H and O–H groups in total. The number of rotatable bonds is 3. The van der Waals surface area contributed by atoms with E-state index < -0.39 is 0 Å². The number of nitrogens with zero attached hydrogens (tertiary/aromatic N) is 1. The molecule has 3 nitrogen and oxygen atoms in total. The fourth-order valence-corrected chi connectivity index (χ4v) is 1.84. The summed E-state index contributed by atoms with van der Waals surface area (Å²) in [6.07, 6.45) is 7.65. The van der Waals surface area contributed by atoms with Crippen LogP contribution in [0.4, 0.5) is 0 Å². The lowest BCUT2D eigenvalue weighted by atomic mass is 10.0. The fraction of sp³-hybridized carbons (Fsp3) is 0.182. The van der Waals surface area contributed by atoms with Gasteiger partial charge in [-0.3, -0.25) is 4.98 Å². The Labute approximate surface area is 96.4 Å². The maximum atomic E-state index is 6.02. The van der Waals surface area contributed by atoms with Crippen molar-refractivity contribution in [2.75, 3.05) is 0 Å². The Morgan fingerprint density at radius 1 is 1.47 bits per heavy atom. The van der Waals surface area contributed by atoms with Gasteiger partial charge in [0.05, 0.1) is 12.5 Å². The molecule has 0 saturated heterocycles. The van der Waals surface area contributed by atoms with Gasteiger partial charge >= 0.3 is 0 Å². The zero-order valence-corrected chi connectivity index (χ0v) is 9.65. The van der Waals surface area contributed by atoms with Crippen molar-refractivity contribution in [1.29, 1.82) is 0 Å². The molecule has 1 unspecified atom stereocenters. The van der Waals surface area contributed by atoms with Crippen molar-refractivity contribution < 1.29 is 4.42 Å². The van der Waals surface area contributed by atoms with Crippen LogP contribution in [0, 0.1) is 0 Å². The number of pyridine rings is 1. The van der Waals surface area contributed by atoms with Gasteiger partial charge in [-0.15, -0.1) is 0 Å². The monoisotopic (exact) mass is 266 g/mol. The predicted octanol–water partition coefficient (Wildman–Crippen LogP) is 2.68. The maximum absolute atomic E-state index is 6.02. The highest BCUT2D eigenvalue weighted by atomic mass is 79.9. The van der Waals surface area contributed by atoms with E-state index in [1.54, 1.807) is 18.7 Å². The molecule has 2 heterocycles. The molecular formula is C11H11BrN2O. The fourth-order valence-electron chi connectivity index (χ4n) is 1.43. The van der Waals surface area contributed by atoms with Gasteiger partial charge in [0.25, 0.3) is 0 Å². The van der Waals surface area contributed by atoms with Crippen molar-refractivity contribution >= 4 is 15.9 Å². The highest BCUT2D eigenvalue weighted by molar-refractivity contribution is 9.10. The summed E-state index contributed by atoms with van der Waals surface area (Å²) in [4.78, 5) is 4.09. The third kappa shape index (κ3) is 2.67. The third-order valence-corrected chi connectivity index (χ3v) is 2.62. The van der Waals surface area contributed by atoms with Crippen LogP contribution in [0.3, 0.4) is 0 Å². The van der Waals surface area contributed by atoms with Crippen LogP contribution in [0.1, 0.15) is 17.2 Å². The Morgan fingerprint density at radius 3 is 3.00 bits per heavy atom. The molecule has 0 radical (unpaired) electrons. The lowest BCUT2D eigenvalue weighted by molar-refractivity contribution is 0.558. The molecular weight excluding hydrogens is 256 g/mol. The summed E-state index contributed by atoms with van der Waals surface area (Å²) < 4.78 is 5.96. The first-order valence-electron chi connectivity index (χ1n) is 4.63. The van der Waals surface area contributed by atoms with Crippen molar-refractivity contribution in [3.8, 4) is 0 Å². The number of halogens is 1. The molecule has 0 spiro atoms. The Kier molecular flexibility index (Phi) is 3.18. The van der Waals surface area contributed by atoms with Gasteiger partial charge in [-0.05, 0) is 40.0 Å². The zero-order chi connectivity index (χ0) is 10.7. The lowest BCUT2D eigenvalue weighted by Gasteiger charge is -2.08. The van der Waals surface area contributed by atoms with E-state index >= 15 is 0 Å². The van der Waals surface area contributed by atoms with E-state index in [1.165, 1.54) is 0 Å². The number of hydrogen-bond acceptors (Lipinski definition) is 3. The van der Waals surface area contributed by atoms with Crippen LogP contribution in [0.25, 0.3) is 0 Å². The number of hydrogen-bond donors (Lipinski definition) is 1. The molecule has 0 saturated carbocycles. The minimum Gasteiger partial charge on any atom is -0.472 e. The van der Waals surface area contributed by atoms with E-state index in [4.69, 9.17) is 10.2 Å². The van der Waals surface area contributed by atoms with E-state index in [1.807, 2.05) is 18.3 Å². The SMILES string of the molecule is NC(Cc1cncc(Br)c1)c1ccoc1. The molecule has 0 aliphatic carbocycles. The number of furan rings is 1. The Bertz CT molecular complexity index is 428. The Hall–Kier alpha value is -1.13. The highest BCUT2D eigenvalue weighted by Crippen LogP contribution is 2.18. The highest BCUT2D eigenvalue weighted by Gasteiger charge is 2.08. The summed E-state index contributed by atoms with van der Waals surface area (Å²) in [5.41, 5.74) is 8.14. The van der Waals surface area contributed by atoms with Gasteiger partial charge in [0, 0.05) is 28.5 Å². The van der Waals surface area contributed by atoms with E-state index in [0.717, 1.165) is 22.0 Å². The van der Waals surface area contributed by atoms with E-state index in [0.29, 0.717) is 0 Å². The first kappa shape index (κ1) is 10.4. The summed E-state index contributed by atoms with van der Waals surface area (Å²) >= 11 is 3.38. The molecule has 4 heteroatoms. The largest absolute Gasteiger partial charge is 0.472 e. The van der Waals surface area contributed by atoms with Gasteiger partial charge in [0.2, 0.25) is 0 Å². The molecule has 1 atom stereocenters. The maximum Gasteiger partial charge on any atom is 0.0950 e. The van der Waals surface area contributed by atoms with Crippen LogP contribution in [0.2, 0.25) is 0 Å². The summed E-state index contributed by atoms with van der Waals surface area (Å²) in [5.74, 6) is 0. The third-order valence-electron chi connectivity index (χ3n) is 2.19. The summed E-state index contributed by atoms with van der Waals surface area (Å²) in [5, 5.41) is 0. The average molecular weight is 267 g/mol. The topological polar surface area (TPSA) is 52.0 Å². The van der Waals surface area contributed by atoms with Crippen molar-refractivity contribution in [1.82, 2.24) is 4.98 Å². The molecule has 0 aliphatic heterocycles. The van der Waals surface area contributed by atoms with Crippen LogP contribution in [-0.4, -0.2) is 4.98 Å². The van der Waals surface area contributed by atoms with Crippen LogP contribution in [0.15, 0.2) is 45.9 Å². The molecule has 2 aromatic rings. The van der Waals surface area contributed by atoms with Gasteiger partial charge < -0.3 is 10.2 Å². The molecule has 2 aromatic heterocycles. The number of nitrogens with two attached hydrogens (primary N) is 1. The van der Waals surface area contributed by atoms with Gasteiger partial charge in [0.1, 0.15) is 0 Å². The molecule has 15 heavy (non-hydrogen) atoms. The first-order chi connectivity index (χ1) is 7.25. The minimum absolute atomic E-state index is 0.0418. The second-order valence-corrected chi connectivity index (χ2v) is 4.29. The zero-order valence-electron chi connectivity index (χ0n) is 8.06. The van der Waals surface area contributed by atoms with Gasteiger partial charge in [-0.1, -0.05) is 0 Å². The normalized spacial score (nSPS) is 12.7. The quantitative estimate of drug-likeness (QED) is 0.930. The van der Waals surface area contributed by atoms with Crippen molar-refractivity contribution in [2.24, 2.45) is 5.73 Å². The summed E-state index contributed by atoms with van der Waals surface area (Å²) in [7, 11) is 0. The molecule has 0 amide bonds. The van der Waals surface area contributed by atoms with Gasteiger partial charge in [-0.2, -0.15) is 0 Å². The average Bonchev–Trinajstić information content (AvgIpc) is 2.70. The van der Waals surface area contributed by atoms with E-state index in [-0.39, 0.29) is 6.04 Å². The molecule has 2 rings (SSSR count).